The lowest BCUT2D eigenvalue weighted by atomic mass is 10.2. The van der Waals surface area contributed by atoms with Gasteiger partial charge in [-0.2, -0.15) is 4.31 Å². The molecule has 112 valence electrons. The van der Waals surface area contributed by atoms with E-state index in [0.29, 0.717) is 0 Å². The van der Waals surface area contributed by atoms with E-state index in [0.717, 1.165) is 10.4 Å². The second-order valence-corrected chi connectivity index (χ2v) is 7.17. The zero-order valence-corrected chi connectivity index (χ0v) is 13.9. The van der Waals surface area contributed by atoms with E-state index < -0.39 is 16.0 Å². The molecule has 0 unspecified atom stereocenters. The summed E-state index contributed by atoms with van der Waals surface area (Å²) in [6.07, 6.45) is 0. The van der Waals surface area contributed by atoms with Crippen LogP contribution in [0.15, 0.2) is 21.5 Å². The van der Waals surface area contributed by atoms with Gasteiger partial charge in [0.05, 0.1) is 22.1 Å². The van der Waals surface area contributed by atoms with Gasteiger partial charge < -0.3 is 9.84 Å². The summed E-state index contributed by atoms with van der Waals surface area (Å²) in [5, 5.41) is 8.98. The summed E-state index contributed by atoms with van der Waals surface area (Å²) in [6.45, 7) is 0.387. The second-order valence-electron chi connectivity index (χ2n) is 3.89. The zero-order chi connectivity index (χ0) is 15.5. The highest BCUT2D eigenvalue weighted by molar-refractivity contribution is 9.10. The molecule has 1 rings (SSSR count). The molecule has 1 aromatic rings. The molecule has 1 N–H and O–H groups in total. The Morgan fingerprint density at radius 2 is 2.10 bits per heavy atom. The lowest BCUT2D eigenvalue weighted by Crippen LogP contribution is -2.30. The molecule has 0 spiro atoms. The third-order valence-electron chi connectivity index (χ3n) is 2.55. The van der Waals surface area contributed by atoms with Gasteiger partial charge in [0.25, 0.3) is 0 Å². The lowest BCUT2D eigenvalue weighted by Gasteiger charge is -2.17. The van der Waals surface area contributed by atoms with Crippen LogP contribution in [0.4, 0.5) is 0 Å². The molecule has 0 amide bonds. The fourth-order valence-corrected chi connectivity index (χ4v) is 3.40. The van der Waals surface area contributed by atoms with Gasteiger partial charge in [0.2, 0.25) is 10.0 Å². The number of hydrogen-bond donors (Lipinski definition) is 1. The van der Waals surface area contributed by atoms with Crippen LogP contribution in [0.5, 0.6) is 0 Å². The Hall–Kier alpha value is -0.670. The highest BCUT2D eigenvalue weighted by Crippen LogP contribution is 2.30. The third-order valence-corrected chi connectivity index (χ3v) is 5.65. The summed E-state index contributed by atoms with van der Waals surface area (Å²) in [6, 6.07) is 2.31. The van der Waals surface area contributed by atoms with Crippen molar-refractivity contribution in [3.63, 3.8) is 0 Å². The molecule has 6 nitrogen and oxygen atoms in total. The van der Waals surface area contributed by atoms with Crippen LogP contribution in [0.2, 0.25) is 5.02 Å². The molecule has 0 heterocycles. The highest BCUT2D eigenvalue weighted by Gasteiger charge is 2.24. The number of halogens is 2. The number of nitrogens with zero attached hydrogens (tertiary/aromatic N) is 1. The first kappa shape index (κ1) is 17.4. The summed E-state index contributed by atoms with van der Waals surface area (Å²) >= 11 is 8.87. The number of benzene rings is 1. The molecule has 0 atom stereocenters. The van der Waals surface area contributed by atoms with E-state index in [1.165, 1.54) is 20.2 Å². The first-order chi connectivity index (χ1) is 9.21. The predicted molar refractivity (Wildman–Crippen MR) is 77.8 cm³/mol. The Kier molecular flexibility index (Phi) is 5.96. The molecule has 0 saturated carbocycles. The maximum Gasteiger partial charge on any atom is 0.337 e. The number of hydrogen-bond acceptors (Lipinski definition) is 4. The van der Waals surface area contributed by atoms with Crippen LogP contribution in [0.25, 0.3) is 0 Å². The van der Waals surface area contributed by atoms with E-state index in [9.17, 15) is 13.2 Å². The first-order valence-corrected chi connectivity index (χ1v) is 8.00. The molecule has 0 saturated heterocycles. The van der Waals surface area contributed by atoms with Crippen LogP contribution in [-0.4, -0.2) is 51.1 Å². The number of ether oxygens (including phenoxy) is 1. The van der Waals surface area contributed by atoms with Crippen LogP contribution in [0.1, 0.15) is 10.4 Å². The topological polar surface area (TPSA) is 83.9 Å². The van der Waals surface area contributed by atoms with E-state index in [1.54, 1.807) is 0 Å². The molecule has 0 fully saturated rings. The fraction of sp³-hybridized carbons (Fsp3) is 0.364. The number of carboxylic acids is 1. The third kappa shape index (κ3) is 3.70. The van der Waals surface area contributed by atoms with Gasteiger partial charge in [-0.15, -0.1) is 0 Å². The normalized spacial score (nSPS) is 11.8. The molecule has 0 aliphatic heterocycles. The van der Waals surface area contributed by atoms with E-state index >= 15 is 0 Å². The average molecular weight is 387 g/mol. The molecule has 9 heteroatoms. The summed E-state index contributed by atoms with van der Waals surface area (Å²) in [7, 11) is -0.959. The summed E-state index contributed by atoms with van der Waals surface area (Å²) in [5.74, 6) is -1.30. The van der Waals surface area contributed by atoms with E-state index in [1.807, 2.05) is 0 Å². The van der Waals surface area contributed by atoms with Crippen molar-refractivity contribution in [3.8, 4) is 0 Å². The number of methoxy groups -OCH3 is 1. The minimum atomic E-state index is -3.81. The number of carboxylic acid groups (broad SMARTS) is 1. The molecular weight excluding hydrogens is 374 g/mol. The number of likely N-dealkylation sites (N-methyl/N-ethyl adjacent to an activating group) is 1. The molecule has 0 aliphatic carbocycles. The minimum absolute atomic E-state index is 0.0454. The van der Waals surface area contributed by atoms with Gasteiger partial charge >= 0.3 is 5.97 Å². The Morgan fingerprint density at radius 1 is 1.50 bits per heavy atom. The van der Waals surface area contributed by atoms with Crippen molar-refractivity contribution in [1.29, 1.82) is 0 Å². The van der Waals surface area contributed by atoms with Crippen molar-refractivity contribution in [1.82, 2.24) is 4.31 Å². The van der Waals surface area contributed by atoms with Crippen LogP contribution < -0.4 is 0 Å². The van der Waals surface area contributed by atoms with E-state index in [2.05, 4.69) is 15.9 Å². The largest absolute Gasteiger partial charge is 0.478 e. The summed E-state index contributed by atoms with van der Waals surface area (Å²) in [4.78, 5) is 10.9. The van der Waals surface area contributed by atoms with Crippen LogP contribution in [0.3, 0.4) is 0 Å². The maximum absolute atomic E-state index is 12.3. The van der Waals surface area contributed by atoms with Crippen molar-refractivity contribution < 1.29 is 23.1 Å². The summed E-state index contributed by atoms with van der Waals surface area (Å²) < 4.78 is 30.7. The molecule has 0 radical (unpaired) electrons. The molecule has 0 aromatic heterocycles. The SMILES string of the molecule is COCCN(C)S(=O)(=O)c1cc(Br)c(Cl)c(C(=O)O)c1. The number of aromatic carboxylic acids is 1. The monoisotopic (exact) mass is 385 g/mol. The van der Waals surface area contributed by atoms with Crippen molar-refractivity contribution in [2.24, 2.45) is 0 Å². The minimum Gasteiger partial charge on any atom is -0.478 e. The standard InChI is InChI=1S/C11H13BrClNO5S/c1-14(3-4-19-2)20(17,18)7-5-8(11(15)16)10(13)9(12)6-7/h5-6H,3-4H2,1-2H3,(H,15,16). The molecular formula is C11H13BrClNO5S. The van der Waals surface area contributed by atoms with Gasteiger partial charge in [-0.25, -0.2) is 13.2 Å². The fourth-order valence-electron chi connectivity index (χ4n) is 1.39. The van der Waals surface area contributed by atoms with E-state index in [4.69, 9.17) is 21.4 Å². The van der Waals surface area contributed by atoms with Crippen molar-refractivity contribution >= 4 is 43.5 Å². The van der Waals surface area contributed by atoms with Crippen LogP contribution >= 0.6 is 27.5 Å². The van der Waals surface area contributed by atoms with Crippen molar-refractivity contribution in [3.05, 3.63) is 27.2 Å². The molecule has 0 bridgehead atoms. The lowest BCUT2D eigenvalue weighted by molar-refractivity contribution is 0.0696. The molecule has 0 aliphatic rings. The Bertz CT molecular complexity index is 619. The average Bonchev–Trinajstić information content (AvgIpc) is 2.38. The Labute approximate surface area is 130 Å². The van der Waals surface area contributed by atoms with Gasteiger partial charge in [-0.3, -0.25) is 0 Å². The van der Waals surface area contributed by atoms with Gasteiger partial charge in [0, 0.05) is 25.2 Å². The Balaban J connectivity index is 3.29. The molecule has 20 heavy (non-hydrogen) atoms. The van der Waals surface area contributed by atoms with Gasteiger partial charge in [0.15, 0.2) is 0 Å². The number of carbonyl (C=O) groups is 1. The van der Waals surface area contributed by atoms with Gasteiger partial charge in [-0.05, 0) is 28.1 Å². The highest BCUT2D eigenvalue weighted by atomic mass is 79.9. The van der Waals surface area contributed by atoms with Gasteiger partial charge in [0.1, 0.15) is 0 Å². The van der Waals surface area contributed by atoms with E-state index in [-0.39, 0.29) is 33.1 Å². The maximum atomic E-state index is 12.3. The van der Waals surface area contributed by atoms with Crippen LogP contribution in [0, 0.1) is 0 Å². The predicted octanol–water partition coefficient (Wildman–Crippen LogP) is 2.07. The number of sulfonamides is 1. The van der Waals surface area contributed by atoms with Gasteiger partial charge in [-0.1, -0.05) is 11.6 Å². The smallest absolute Gasteiger partial charge is 0.337 e. The quantitative estimate of drug-likeness (QED) is 0.809. The number of rotatable bonds is 6. The molecule has 1 aromatic carbocycles. The van der Waals surface area contributed by atoms with Crippen molar-refractivity contribution in [2.45, 2.75) is 4.90 Å². The second kappa shape index (κ2) is 6.86. The summed E-state index contributed by atoms with van der Waals surface area (Å²) in [5.41, 5.74) is -0.278. The zero-order valence-electron chi connectivity index (χ0n) is 10.8. The van der Waals surface area contributed by atoms with Crippen LogP contribution in [-0.2, 0) is 14.8 Å². The van der Waals surface area contributed by atoms with Crippen molar-refractivity contribution in [2.75, 3.05) is 27.3 Å². The first-order valence-electron chi connectivity index (χ1n) is 5.39. The Morgan fingerprint density at radius 3 is 2.60 bits per heavy atom.